The molecule has 4 heteroatoms. The van der Waals surface area contributed by atoms with E-state index in [2.05, 4.69) is 26.1 Å². The van der Waals surface area contributed by atoms with Gasteiger partial charge in [0.2, 0.25) is 0 Å². The van der Waals surface area contributed by atoms with Crippen molar-refractivity contribution in [1.82, 2.24) is 10.2 Å². The first-order chi connectivity index (χ1) is 9.68. The molecule has 1 saturated heterocycles. The minimum atomic E-state index is 0.00963. The van der Waals surface area contributed by atoms with Crippen molar-refractivity contribution in [3.05, 3.63) is 33.8 Å². The number of benzene rings is 1. The molecule has 20 heavy (non-hydrogen) atoms. The van der Waals surface area contributed by atoms with Crippen molar-refractivity contribution < 1.29 is 4.79 Å². The third-order valence-corrected chi connectivity index (χ3v) is 4.90. The molecule has 0 unspecified atom stereocenters. The Morgan fingerprint density at radius 1 is 1.25 bits per heavy atom. The minimum absolute atomic E-state index is 0.00963. The van der Waals surface area contributed by atoms with Gasteiger partial charge in [-0.2, -0.15) is 0 Å². The van der Waals surface area contributed by atoms with E-state index in [1.807, 2.05) is 25.1 Å². The first-order valence-electron chi connectivity index (χ1n) is 7.44. The molecule has 1 aromatic rings. The molecule has 1 heterocycles. The fraction of sp³-hybridized carbons (Fsp3) is 0.562. The summed E-state index contributed by atoms with van der Waals surface area (Å²) < 4.78 is 0.896. The molecule has 1 aliphatic heterocycles. The highest BCUT2D eigenvalue weighted by Gasteiger charge is 2.12. The Labute approximate surface area is 129 Å². The summed E-state index contributed by atoms with van der Waals surface area (Å²) in [4.78, 5) is 14.6. The summed E-state index contributed by atoms with van der Waals surface area (Å²) in [5.41, 5.74) is 1.81. The van der Waals surface area contributed by atoms with Crippen LogP contribution in [-0.4, -0.2) is 37.0 Å². The number of carbonyl (C=O) groups is 1. The van der Waals surface area contributed by atoms with Gasteiger partial charge in [0.25, 0.3) is 5.91 Å². The van der Waals surface area contributed by atoms with Crippen molar-refractivity contribution in [3.8, 4) is 0 Å². The zero-order chi connectivity index (χ0) is 14.4. The molecular formula is C16H23BrN2O. The number of nitrogens with zero attached hydrogens (tertiary/aromatic N) is 1. The maximum atomic E-state index is 12.2. The maximum Gasteiger partial charge on any atom is 0.252 e. The topological polar surface area (TPSA) is 32.3 Å². The molecular weight excluding hydrogens is 316 g/mol. The second-order valence-corrected chi connectivity index (χ2v) is 6.24. The largest absolute Gasteiger partial charge is 0.351 e. The van der Waals surface area contributed by atoms with Crippen LogP contribution >= 0.6 is 15.9 Å². The first kappa shape index (κ1) is 15.5. The van der Waals surface area contributed by atoms with Crippen molar-refractivity contribution in [3.63, 3.8) is 0 Å². The van der Waals surface area contributed by atoms with E-state index < -0.39 is 0 Å². The van der Waals surface area contributed by atoms with E-state index in [9.17, 15) is 4.79 Å². The number of carbonyl (C=O) groups excluding carboxylic acids is 1. The zero-order valence-corrected chi connectivity index (χ0v) is 13.7. The van der Waals surface area contributed by atoms with Crippen LogP contribution in [0.25, 0.3) is 0 Å². The maximum absolute atomic E-state index is 12.2. The molecule has 0 spiro atoms. The molecule has 1 N–H and O–H groups in total. The Hall–Kier alpha value is -0.870. The Morgan fingerprint density at radius 2 is 1.95 bits per heavy atom. The molecule has 1 fully saturated rings. The molecule has 0 saturated carbocycles. The van der Waals surface area contributed by atoms with Gasteiger partial charge in [-0.3, -0.25) is 4.79 Å². The quantitative estimate of drug-likeness (QED) is 0.912. The lowest BCUT2D eigenvalue weighted by Gasteiger charge is -2.19. The fourth-order valence-electron chi connectivity index (χ4n) is 2.61. The number of aryl methyl sites for hydroxylation is 1. The number of likely N-dealkylation sites (tertiary alicyclic amines) is 1. The highest BCUT2D eigenvalue weighted by Crippen LogP contribution is 2.20. The van der Waals surface area contributed by atoms with Gasteiger partial charge in [0.15, 0.2) is 0 Å². The molecule has 0 aromatic heterocycles. The molecule has 0 bridgehead atoms. The van der Waals surface area contributed by atoms with Crippen LogP contribution in [0.15, 0.2) is 22.7 Å². The predicted octanol–water partition coefficient (Wildman–Crippen LogP) is 3.36. The van der Waals surface area contributed by atoms with Gasteiger partial charge in [-0.25, -0.2) is 0 Å². The number of nitrogens with one attached hydrogen (secondary N) is 1. The predicted molar refractivity (Wildman–Crippen MR) is 86.1 cm³/mol. The van der Waals surface area contributed by atoms with E-state index in [-0.39, 0.29) is 5.91 Å². The van der Waals surface area contributed by atoms with Gasteiger partial charge in [0.1, 0.15) is 0 Å². The second-order valence-electron chi connectivity index (χ2n) is 5.45. The molecule has 3 nitrogen and oxygen atoms in total. The summed E-state index contributed by atoms with van der Waals surface area (Å²) in [7, 11) is 0. The van der Waals surface area contributed by atoms with Crippen LogP contribution in [0.4, 0.5) is 0 Å². The molecule has 0 aliphatic carbocycles. The second kappa shape index (κ2) is 7.79. The van der Waals surface area contributed by atoms with Gasteiger partial charge in [-0.15, -0.1) is 0 Å². The van der Waals surface area contributed by atoms with E-state index in [4.69, 9.17) is 0 Å². The molecule has 0 radical (unpaired) electrons. The number of hydrogen-bond acceptors (Lipinski definition) is 2. The first-order valence-corrected chi connectivity index (χ1v) is 8.23. The third kappa shape index (κ3) is 4.32. The summed E-state index contributed by atoms with van der Waals surface area (Å²) in [6, 6.07) is 5.78. The average molecular weight is 339 g/mol. The Balaban J connectivity index is 1.81. The van der Waals surface area contributed by atoms with Gasteiger partial charge in [0, 0.05) is 17.6 Å². The SMILES string of the molecule is Cc1cccc(C(=O)NCCN2CCCCCC2)c1Br. The van der Waals surface area contributed by atoms with Crippen LogP contribution in [0.5, 0.6) is 0 Å². The lowest BCUT2D eigenvalue weighted by molar-refractivity contribution is 0.0947. The van der Waals surface area contributed by atoms with Crippen LogP contribution in [0.1, 0.15) is 41.6 Å². The van der Waals surface area contributed by atoms with E-state index in [1.54, 1.807) is 0 Å². The Bertz CT molecular complexity index is 454. The molecule has 1 amide bonds. The Morgan fingerprint density at radius 3 is 2.65 bits per heavy atom. The third-order valence-electron chi connectivity index (χ3n) is 3.85. The smallest absolute Gasteiger partial charge is 0.252 e. The fourth-order valence-corrected chi connectivity index (χ4v) is 3.05. The van der Waals surface area contributed by atoms with Gasteiger partial charge in [-0.1, -0.05) is 25.0 Å². The van der Waals surface area contributed by atoms with Crippen LogP contribution in [0.2, 0.25) is 0 Å². The molecule has 0 atom stereocenters. The van der Waals surface area contributed by atoms with Crippen LogP contribution in [-0.2, 0) is 0 Å². The standard InChI is InChI=1S/C16H23BrN2O/c1-13-7-6-8-14(15(13)17)16(20)18-9-12-19-10-4-2-3-5-11-19/h6-8H,2-5,9-12H2,1H3,(H,18,20). The van der Waals surface area contributed by atoms with E-state index in [1.165, 1.54) is 38.8 Å². The molecule has 1 aliphatic rings. The van der Waals surface area contributed by atoms with E-state index >= 15 is 0 Å². The average Bonchev–Trinajstić information content (AvgIpc) is 2.70. The molecule has 2 rings (SSSR count). The number of amides is 1. The van der Waals surface area contributed by atoms with Crippen LogP contribution in [0.3, 0.4) is 0 Å². The van der Waals surface area contributed by atoms with Crippen LogP contribution in [0, 0.1) is 6.92 Å². The van der Waals surface area contributed by atoms with Gasteiger partial charge in [0.05, 0.1) is 5.56 Å². The van der Waals surface area contributed by atoms with Crippen molar-refractivity contribution >= 4 is 21.8 Å². The van der Waals surface area contributed by atoms with Crippen molar-refractivity contribution in [1.29, 1.82) is 0 Å². The number of halogens is 1. The summed E-state index contributed by atoms with van der Waals surface area (Å²) >= 11 is 3.49. The summed E-state index contributed by atoms with van der Waals surface area (Å²) in [6.07, 6.45) is 5.27. The van der Waals surface area contributed by atoms with E-state index in [0.29, 0.717) is 0 Å². The van der Waals surface area contributed by atoms with E-state index in [0.717, 1.165) is 28.7 Å². The minimum Gasteiger partial charge on any atom is -0.351 e. The highest BCUT2D eigenvalue weighted by molar-refractivity contribution is 9.10. The molecule has 1 aromatic carbocycles. The normalized spacial score (nSPS) is 16.7. The monoisotopic (exact) mass is 338 g/mol. The molecule has 110 valence electrons. The zero-order valence-electron chi connectivity index (χ0n) is 12.1. The summed E-state index contributed by atoms with van der Waals surface area (Å²) in [6.45, 7) is 6.01. The van der Waals surface area contributed by atoms with Gasteiger partial charge in [-0.05, 0) is 60.4 Å². The van der Waals surface area contributed by atoms with Gasteiger partial charge < -0.3 is 10.2 Å². The van der Waals surface area contributed by atoms with Crippen molar-refractivity contribution in [2.45, 2.75) is 32.6 Å². The van der Waals surface area contributed by atoms with Gasteiger partial charge >= 0.3 is 0 Å². The summed E-state index contributed by atoms with van der Waals surface area (Å²) in [5.74, 6) is 0.00963. The van der Waals surface area contributed by atoms with Crippen molar-refractivity contribution in [2.24, 2.45) is 0 Å². The van der Waals surface area contributed by atoms with Crippen molar-refractivity contribution in [2.75, 3.05) is 26.2 Å². The number of rotatable bonds is 4. The number of hydrogen-bond donors (Lipinski definition) is 1. The lowest BCUT2D eigenvalue weighted by Crippen LogP contribution is -2.35. The summed E-state index contributed by atoms with van der Waals surface area (Å²) in [5, 5.41) is 3.02. The van der Waals surface area contributed by atoms with Crippen LogP contribution < -0.4 is 5.32 Å². The lowest BCUT2D eigenvalue weighted by atomic mass is 10.1. The Kier molecular flexibility index (Phi) is 6.05. The highest BCUT2D eigenvalue weighted by atomic mass is 79.9.